The molecule has 0 saturated carbocycles. The molecular formula is C14H18N2O4S. The van der Waals surface area contributed by atoms with Crippen molar-refractivity contribution in [1.29, 1.82) is 0 Å². The number of anilines is 1. The monoisotopic (exact) mass is 310 g/mol. The Morgan fingerprint density at radius 1 is 1.33 bits per heavy atom. The molecule has 1 N–H and O–H groups in total. The molecule has 0 aromatic heterocycles. The van der Waals surface area contributed by atoms with E-state index in [1.54, 1.807) is 4.90 Å². The van der Waals surface area contributed by atoms with Crippen LogP contribution in [0.15, 0.2) is 24.3 Å². The van der Waals surface area contributed by atoms with Gasteiger partial charge in [-0.05, 0) is 18.1 Å². The zero-order valence-corrected chi connectivity index (χ0v) is 12.4. The summed E-state index contributed by atoms with van der Waals surface area (Å²) in [6.45, 7) is 0.674. The molecule has 2 aliphatic heterocycles. The van der Waals surface area contributed by atoms with E-state index in [0.29, 0.717) is 19.5 Å². The van der Waals surface area contributed by atoms with Crippen molar-refractivity contribution in [2.24, 2.45) is 0 Å². The summed E-state index contributed by atoms with van der Waals surface area (Å²) in [5.74, 6) is -0.208. The lowest BCUT2D eigenvalue weighted by molar-refractivity contribution is -0.118. The first-order chi connectivity index (χ1) is 10.0. The summed E-state index contributed by atoms with van der Waals surface area (Å²) in [5.41, 5.74) is 1.72. The SMILES string of the molecule is O=C(CN1CCCS1(=O)=O)N1CC(CO)c2ccccc21. The molecule has 114 valence electrons. The van der Waals surface area contributed by atoms with Gasteiger partial charge >= 0.3 is 0 Å². The van der Waals surface area contributed by atoms with E-state index in [1.165, 1.54) is 4.31 Å². The zero-order chi connectivity index (χ0) is 15.0. The predicted molar refractivity (Wildman–Crippen MR) is 78.6 cm³/mol. The van der Waals surface area contributed by atoms with Crippen molar-refractivity contribution in [2.45, 2.75) is 12.3 Å². The lowest BCUT2D eigenvalue weighted by Gasteiger charge is -2.21. The molecule has 1 amide bonds. The van der Waals surface area contributed by atoms with Gasteiger partial charge in [0, 0.05) is 24.7 Å². The highest BCUT2D eigenvalue weighted by Gasteiger charge is 2.35. The van der Waals surface area contributed by atoms with Crippen LogP contribution in [0.4, 0.5) is 5.69 Å². The summed E-state index contributed by atoms with van der Waals surface area (Å²) in [6.07, 6.45) is 0.575. The van der Waals surface area contributed by atoms with Gasteiger partial charge in [0.2, 0.25) is 15.9 Å². The van der Waals surface area contributed by atoms with E-state index in [4.69, 9.17) is 0 Å². The first kappa shape index (κ1) is 14.5. The molecule has 2 heterocycles. The van der Waals surface area contributed by atoms with Crippen LogP contribution in [-0.2, 0) is 14.8 Å². The Kier molecular flexibility index (Phi) is 3.73. The largest absolute Gasteiger partial charge is 0.396 e. The van der Waals surface area contributed by atoms with E-state index in [0.717, 1.165) is 11.3 Å². The second kappa shape index (κ2) is 5.40. The highest BCUT2D eigenvalue weighted by atomic mass is 32.2. The summed E-state index contributed by atoms with van der Waals surface area (Å²) in [6, 6.07) is 7.45. The minimum Gasteiger partial charge on any atom is -0.396 e. The molecule has 1 unspecified atom stereocenters. The Hall–Kier alpha value is -1.44. The lowest BCUT2D eigenvalue weighted by atomic mass is 10.0. The van der Waals surface area contributed by atoms with E-state index in [9.17, 15) is 18.3 Å². The number of hydrogen-bond acceptors (Lipinski definition) is 4. The number of rotatable bonds is 3. The molecule has 0 spiro atoms. The maximum atomic E-state index is 12.5. The van der Waals surface area contributed by atoms with Crippen molar-refractivity contribution in [2.75, 3.05) is 36.9 Å². The zero-order valence-electron chi connectivity index (χ0n) is 11.6. The molecule has 1 fully saturated rings. The average Bonchev–Trinajstić information content (AvgIpc) is 2.99. The standard InChI is InChI=1S/C14H18N2O4S/c17-10-11-8-16(13-5-2-1-4-12(11)13)14(18)9-15-6-3-7-21(15,19)20/h1-2,4-5,11,17H,3,6-10H2. The van der Waals surface area contributed by atoms with Gasteiger partial charge in [-0.2, -0.15) is 4.31 Å². The van der Waals surface area contributed by atoms with Gasteiger partial charge in [-0.1, -0.05) is 18.2 Å². The maximum absolute atomic E-state index is 12.5. The van der Waals surface area contributed by atoms with Gasteiger partial charge in [0.05, 0.1) is 18.9 Å². The quantitative estimate of drug-likeness (QED) is 0.862. The predicted octanol–water partition coefficient (Wildman–Crippen LogP) is 0.145. The van der Waals surface area contributed by atoms with Crippen molar-refractivity contribution >= 4 is 21.6 Å². The van der Waals surface area contributed by atoms with Crippen molar-refractivity contribution in [3.05, 3.63) is 29.8 Å². The Bertz CT molecular complexity index is 659. The third kappa shape index (κ3) is 2.56. The summed E-state index contributed by atoms with van der Waals surface area (Å²) < 4.78 is 24.8. The molecule has 6 nitrogen and oxygen atoms in total. The van der Waals surface area contributed by atoms with Gasteiger partial charge in [0.25, 0.3) is 0 Å². The number of para-hydroxylation sites is 1. The van der Waals surface area contributed by atoms with Gasteiger partial charge in [0.1, 0.15) is 0 Å². The summed E-state index contributed by atoms with van der Waals surface area (Å²) >= 11 is 0. The number of carbonyl (C=O) groups excluding carboxylic acids is 1. The van der Waals surface area contributed by atoms with E-state index in [-0.39, 0.29) is 30.7 Å². The number of fused-ring (bicyclic) bond motifs is 1. The van der Waals surface area contributed by atoms with Crippen LogP contribution >= 0.6 is 0 Å². The van der Waals surface area contributed by atoms with Crippen LogP contribution < -0.4 is 4.90 Å². The topological polar surface area (TPSA) is 77.9 Å². The second-order valence-electron chi connectivity index (χ2n) is 5.45. The fraction of sp³-hybridized carbons (Fsp3) is 0.500. The smallest absolute Gasteiger partial charge is 0.242 e. The van der Waals surface area contributed by atoms with E-state index in [1.807, 2.05) is 24.3 Å². The molecule has 1 aromatic carbocycles. The highest BCUT2D eigenvalue weighted by Crippen LogP contribution is 2.35. The number of carbonyl (C=O) groups is 1. The molecular weight excluding hydrogens is 292 g/mol. The average molecular weight is 310 g/mol. The van der Waals surface area contributed by atoms with Crippen molar-refractivity contribution in [3.8, 4) is 0 Å². The summed E-state index contributed by atoms with van der Waals surface area (Å²) in [5, 5.41) is 9.44. The van der Waals surface area contributed by atoms with Crippen molar-refractivity contribution in [1.82, 2.24) is 4.31 Å². The fourth-order valence-electron chi connectivity index (χ4n) is 2.99. The van der Waals surface area contributed by atoms with Crippen LogP contribution in [0.2, 0.25) is 0 Å². The van der Waals surface area contributed by atoms with E-state index < -0.39 is 10.0 Å². The minimum absolute atomic E-state index is 0.0250. The third-order valence-electron chi connectivity index (χ3n) is 4.11. The van der Waals surface area contributed by atoms with Gasteiger partial charge < -0.3 is 10.0 Å². The molecule has 21 heavy (non-hydrogen) atoms. The van der Waals surface area contributed by atoms with Crippen LogP contribution in [0.3, 0.4) is 0 Å². The third-order valence-corrected chi connectivity index (χ3v) is 6.01. The first-order valence-electron chi connectivity index (χ1n) is 7.01. The number of hydrogen-bond donors (Lipinski definition) is 1. The van der Waals surface area contributed by atoms with E-state index in [2.05, 4.69) is 0 Å². The number of benzene rings is 1. The number of sulfonamides is 1. The molecule has 0 radical (unpaired) electrons. The molecule has 0 aliphatic carbocycles. The number of aliphatic hydroxyl groups is 1. The van der Waals surface area contributed by atoms with Gasteiger partial charge in [-0.15, -0.1) is 0 Å². The first-order valence-corrected chi connectivity index (χ1v) is 8.62. The highest BCUT2D eigenvalue weighted by molar-refractivity contribution is 7.89. The Balaban J connectivity index is 1.80. The molecule has 0 bridgehead atoms. The van der Waals surface area contributed by atoms with Crippen LogP contribution in [0.25, 0.3) is 0 Å². The Morgan fingerprint density at radius 3 is 2.76 bits per heavy atom. The second-order valence-corrected chi connectivity index (χ2v) is 7.53. The molecule has 1 saturated heterocycles. The normalized spacial score (nSPS) is 24.2. The van der Waals surface area contributed by atoms with E-state index >= 15 is 0 Å². The Morgan fingerprint density at radius 2 is 2.10 bits per heavy atom. The number of nitrogens with zero attached hydrogens (tertiary/aromatic N) is 2. The molecule has 3 rings (SSSR count). The van der Waals surface area contributed by atoms with Crippen LogP contribution in [0, 0.1) is 0 Å². The van der Waals surface area contributed by atoms with Crippen LogP contribution in [0.5, 0.6) is 0 Å². The Labute approximate surface area is 124 Å². The molecule has 7 heteroatoms. The minimum atomic E-state index is -3.27. The fourth-order valence-corrected chi connectivity index (χ4v) is 4.46. The number of amides is 1. The number of aliphatic hydroxyl groups excluding tert-OH is 1. The van der Waals surface area contributed by atoms with Crippen molar-refractivity contribution in [3.63, 3.8) is 0 Å². The maximum Gasteiger partial charge on any atom is 0.242 e. The van der Waals surface area contributed by atoms with Crippen LogP contribution in [0.1, 0.15) is 17.9 Å². The van der Waals surface area contributed by atoms with Gasteiger partial charge in [-0.25, -0.2) is 8.42 Å². The molecule has 1 atom stereocenters. The summed E-state index contributed by atoms with van der Waals surface area (Å²) in [7, 11) is -3.27. The van der Waals surface area contributed by atoms with Crippen molar-refractivity contribution < 1.29 is 18.3 Å². The molecule has 1 aromatic rings. The molecule has 2 aliphatic rings. The van der Waals surface area contributed by atoms with Gasteiger partial charge in [-0.3, -0.25) is 4.79 Å². The van der Waals surface area contributed by atoms with Gasteiger partial charge in [0.15, 0.2) is 0 Å². The summed E-state index contributed by atoms with van der Waals surface area (Å²) in [4.78, 5) is 14.0. The lowest BCUT2D eigenvalue weighted by Crippen LogP contribution is -2.40. The van der Waals surface area contributed by atoms with Crippen LogP contribution in [-0.4, -0.2) is 55.7 Å².